The van der Waals surface area contributed by atoms with Crippen molar-refractivity contribution in [3.8, 4) is 11.5 Å². The van der Waals surface area contributed by atoms with E-state index in [0.29, 0.717) is 5.56 Å². The van der Waals surface area contributed by atoms with Crippen LogP contribution in [-0.2, 0) is 0 Å². The number of hydrogen-bond acceptors (Lipinski definition) is 4. The first-order valence-corrected chi connectivity index (χ1v) is 6.29. The minimum Gasteiger partial charge on any atom is -0.453 e. The second kappa shape index (κ2) is 5.88. The third-order valence-electron chi connectivity index (χ3n) is 3.04. The van der Waals surface area contributed by atoms with Crippen LogP contribution < -0.4 is 4.74 Å². The number of ether oxygens (including phenoxy) is 1. The van der Waals surface area contributed by atoms with Gasteiger partial charge in [-0.25, -0.2) is 4.39 Å². The van der Waals surface area contributed by atoms with Crippen LogP contribution in [0.15, 0.2) is 36.4 Å². The van der Waals surface area contributed by atoms with Crippen LogP contribution in [0.4, 0.5) is 10.1 Å². The molecule has 0 saturated carbocycles. The Morgan fingerprint density at radius 2 is 2.05 bits per heavy atom. The van der Waals surface area contributed by atoms with Crippen LogP contribution in [-0.4, -0.2) is 10.0 Å². The molecule has 0 fully saturated rings. The standard InChI is InChI=1S/C15H14FNO4/c1-9-6-7-11(17(19)20)8-14(9)21-15-12(10(2)18)4-3-5-13(15)16/h3-8,10,18H,1-2H3. The normalized spacial score (nSPS) is 12.0. The van der Waals surface area contributed by atoms with Gasteiger partial charge in [0.25, 0.3) is 5.69 Å². The predicted octanol–water partition coefficient (Wildman–Crippen LogP) is 3.89. The molecular weight excluding hydrogens is 277 g/mol. The van der Waals surface area contributed by atoms with Gasteiger partial charge in [0.15, 0.2) is 11.6 Å². The third kappa shape index (κ3) is 3.17. The average Bonchev–Trinajstić information content (AvgIpc) is 2.42. The molecule has 0 aliphatic heterocycles. The number of aryl methyl sites for hydroxylation is 1. The van der Waals surface area contributed by atoms with Crippen LogP contribution in [0.5, 0.6) is 11.5 Å². The van der Waals surface area contributed by atoms with E-state index in [4.69, 9.17) is 4.74 Å². The predicted molar refractivity (Wildman–Crippen MR) is 74.9 cm³/mol. The molecule has 0 bridgehead atoms. The fourth-order valence-corrected chi connectivity index (χ4v) is 1.88. The lowest BCUT2D eigenvalue weighted by Gasteiger charge is -2.15. The van der Waals surface area contributed by atoms with Crippen LogP contribution in [0.1, 0.15) is 24.2 Å². The molecule has 2 aromatic rings. The van der Waals surface area contributed by atoms with Crippen molar-refractivity contribution in [1.29, 1.82) is 0 Å². The van der Waals surface area contributed by atoms with E-state index in [-0.39, 0.29) is 22.7 Å². The monoisotopic (exact) mass is 291 g/mol. The molecule has 0 aliphatic rings. The number of hydrogen-bond donors (Lipinski definition) is 1. The quantitative estimate of drug-likeness (QED) is 0.685. The summed E-state index contributed by atoms with van der Waals surface area (Å²) < 4.78 is 19.4. The van der Waals surface area contributed by atoms with Gasteiger partial charge in [0.05, 0.1) is 17.1 Å². The highest BCUT2D eigenvalue weighted by atomic mass is 19.1. The lowest BCUT2D eigenvalue weighted by molar-refractivity contribution is -0.384. The lowest BCUT2D eigenvalue weighted by Crippen LogP contribution is -2.00. The van der Waals surface area contributed by atoms with Crippen LogP contribution in [0, 0.1) is 22.9 Å². The van der Waals surface area contributed by atoms with E-state index >= 15 is 0 Å². The Bertz CT molecular complexity index is 685. The van der Waals surface area contributed by atoms with Gasteiger partial charge in [-0.1, -0.05) is 12.1 Å². The number of para-hydroxylation sites is 1. The van der Waals surface area contributed by atoms with Gasteiger partial charge in [-0.2, -0.15) is 0 Å². The van der Waals surface area contributed by atoms with Gasteiger partial charge in [-0.15, -0.1) is 0 Å². The third-order valence-corrected chi connectivity index (χ3v) is 3.04. The van der Waals surface area contributed by atoms with Crippen molar-refractivity contribution in [2.45, 2.75) is 20.0 Å². The molecule has 2 rings (SSSR count). The Labute approximate surface area is 120 Å². The summed E-state index contributed by atoms with van der Waals surface area (Å²) in [6.07, 6.45) is -0.922. The van der Waals surface area contributed by atoms with E-state index in [1.165, 1.54) is 43.3 Å². The molecule has 1 atom stereocenters. The topological polar surface area (TPSA) is 72.6 Å². The number of halogens is 1. The summed E-state index contributed by atoms with van der Waals surface area (Å²) in [5.41, 5.74) is 0.756. The Balaban J connectivity index is 2.47. The number of aliphatic hydroxyl groups excluding tert-OH is 1. The van der Waals surface area contributed by atoms with Crippen molar-refractivity contribution >= 4 is 5.69 Å². The number of nitrogens with zero attached hydrogens (tertiary/aromatic N) is 1. The number of non-ortho nitro benzene ring substituents is 1. The molecule has 5 nitrogen and oxygen atoms in total. The van der Waals surface area contributed by atoms with E-state index in [2.05, 4.69) is 0 Å². The molecule has 21 heavy (non-hydrogen) atoms. The molecule has 0 saturated heterocycles. The highest BCUT2D eigenvalue weighted by Crippen LogP contribution is 2.35. The van der Waals surface area contributed by atoms with Gasteiger partial charge in [0.1, 0.15) is 5.75 Å². The van der Waals surface area contributed by atoms with Crippen LogP contribution in [0.25, 0.3) is 0 Å². The number of aliphatic hydroxyl groups is 1. The van der Waals surface area contributed by atoms with Gasteiger partial charge in [-0.3, -0.25) is 10.1 Å². The minimum absolute atomic E-state index is 0.129. The summed E-state index contributed by atoms with van der Waals surface area (Å²) >= 11 is 0. The molecule has 110 valence electrons. The van der Waals surface area contributed by atoms with Gasteiger partial charge >= 0.3 is 0 Å². The molecule has 2 aromatic carbocycles. The second-order valence-corrected chi connectivity index (χ2v) is 4.64. The van der Waals surface area contributed by atoms with Crippen molar-refractivity contribution in [1.82, 2.24) is 0 Å². The van der Waals surface area contributed by atoms with Gasteiger partial charge < -0.3 is 9.84 Å². The van der Waals surface area contributed by atoms with Gasteiger partial charge in [-0.05, 0) is 31.5 Å². The summed E-state index contributed by atoms with van der Waals surface area (Å²) in [7, 11) is 0. The molecule has 1 N–H and O–H groups in total. The fraction of sp³-hybridized carbons (Fsp3) is 0.200. The van der Waals surface area contributed by atoms with Crippen molar-refractivity contribution in [2.75, 3.05) is 0 Å². The zero-order chi connectivity index (χ0) is 15.6. The molecule has 0 radical (unpaired) electrons. The molecule has 1 unspecified atom stereocenters. The van der Waals surface area contributed by atoms with Crippen LogP contribution in [0.3, 0.4) is 0 Å². The van der Waals surface area contributed by atoms with E-state index in [0.717, 1.165) is 0 Å². The number of rotatable bonds is 4. The van der Waals surface area contributed by atoms with Crippen LogP contribution in [0.2, 0.25) is 0 Å². The smallest absolute Gasteiger partial charge is 0.273 e. The lowest BCUT2D eigenvalue weighted by atomic mass is 10.1. The first kappa shape index (κ1) is 14.9. The summed E-state index contributed by atoms with van der Waals surface area (Å²) in [5.74, 6) is -0.591. The molecule has 0 spiro atoms. The Kier molecular flexibility index (Phi) is 4.18. The van der Waals surface area contributed by atoms with E-state index in [1.807, 2.05) is 0 Å². The largest absolute Gasteiger partial charge is 0.453 e. The highest BCUT2D eigenvalue weighted by molar-refractivity contribution is 5.47. The molecule has 6 heteroatoms. The Morgan fingerprint density at radius 1 is 1.33 bits per heavy atom. The zero-order valence-corrected chi connectivity index (χ0v) is 11.5. The summed E-state index contributed by atoms with van der Waals surface area (Å²) in [6.45, 7) is 3.18. The molecule has 0 aliphatic carbocycles. The number of nitro groups is 1. The zero-order valence-electron chi connectivity index (χ0n) is 11.5. The Morgan fingerprint density at radius 3 is 2.67 bits per heavy atom. The number of nitro benzene ring substituents is 1. The van der Waals surface area contributed by atoms with E-state index in [1.54, 1.807) is 6.92 Å². The first-order chi connectivity index (χ1) is 9.90. The maximum Gasteiger partial charge on any atom is 0.273 e. The minimum atomic E-state index is -0.922. The maximum atomic E-state index is 13.9. The van der Waals surface area contributed by atoms with Gasteiger partial charge in [0.2, 0.25) is 0 Å². The SMILES string of the molecule is Cc1ccc([N+](=O)[O-])cc1Oc1c(F)cccc1C(C)O. The van der Waals surface area contributed by atoms with Crippen molar-refractivity contribution in [3.63, 3.8) is 0 Å². The van der Waals surface area contributed by atoms with Crippen LogP contribution >= 0.6 is 0 Å². The molecule has 0 heterocycles. The highest BCUT2D eigenvalue weighted by Gasteiger charge is 2.17. The average molecular weight is 291 g/mol. The summed E-state index contributed by atoms with van der Waals surface area (Å²) in [5, 5.41) is 20.5. The molecular formula is C15H14FNO4. The molecule has 0 amide bonds. The summed E-state index contributed by atoms with van der Waals surface area (Å²) in [6, 6.07) is 8.30. The van der Waals surface area contributed by atoms with Crippen molar-refractivity contribution in [3.05, 3.63) is 63.5 Å². The number of benzene rings is 2. The van der Waals surface area contributed by atoms with E-state index in [9.17, 15) is 19.6 Å². The van der Waals surface area contributed by atoms with Gasteiger partial charge in [0, 0.05) is 11.6 Å². The first-order valence-electron chi connectivity index (χ1n) is 6.29. The van der Waals surface area contributed by atoms with Crippen molar-refractivity contribution in [2.24, 2.45) is 0 Å². The maximum absolute atomic E-state index is 13.9. The molecule has 0 aromatic heterocycles. The van der Waals surface area contributed by atoms with E-state index < -0.39 is 16.8 Å². The van der Waals surface area contributed by atoms with Crippen molar-refractivity contribution < 1.29 is 19.2 Å². The Hall–Kier alpha value is -2.47. The fourth-order valence-electron chi connectivity index (χ4n) is 1.88. The summed E-state index contributed by atoms with van der Waals surface area (Å²) in [4.78, 5) is 10.2. The second-order valence-electron chi connectivity index (χ2n) is 4.64.